The van der Waals surface area contributed by atoms with Gasteiger partial charge in [-0.05, 0) is 11.4 Å². The highest BCUT2D eigenvalue weighted by Gasteiger charge is 2.08. The van der Waals surface area contributed by atoms with Crippen molar-refractivity contribution < 1.29 is 5.11 Å². The van der Waals surface area contributed by atoms with E-state index in [4.69, 9.17) is 16.7 Å². The van der Waals surface area contributed by atoms with Crippen LogP contribution >= 0.6 is 34.3 Å². The highest BCUT2D eigenvalue weighted by molar-refractivity contribution is 7.29. The molecular weight excluding hydrogens is 188 g/mol. The van der Waals surface area contributed by atoms with Gasteiger partial charge < -0.3 is 5.11 Å². The van der Waals surface area contributed by atoms with Gasteiger partial charge in [-0.15, -0.1) is 11.3 Å². The molecule has 1 N–H and O–H groups in total. The van der Waals surface area contributed by atoms with Crippen molar-refractivity contribution in [2.24, 2.45) is 0 Å². The molecule has 1 nitrogen and oxygen atoms in total. The normalized spacial score (nSPS) is 10.9. The molecule has 0 aliphatic carbocycles. The molecule has 2 aromatic rings. The summed E-state index contributed by atoms with van der Waals surface area (Å²) in [4.78, 5) is 0. The fraction of sp³-hybridized carbons (Fsp3) is 0. The summed E-state index contributed by atoms with van der Waals surface area (Å²) in [6, 6.07) is 1.95. The second-order valence-corrected chi connectivity index (χ2v) is 4.16. The molecule has 2 rings (SSSR count). The van der Waals surface area contributed by atoms with E-state index in [2.05, 4.69) is 0 Å². The Balaban J connectivity index is 2.95. The first-order chi connectivity index (χ1) is 4.79. The summed E-state index contributed by atoms with van der Waals surface area (Å²) >= 11 is 8.63. The summed E-state index contributed by atoms with van der Waals surface area (Å²) in [5.41, 5.74) is 0. The zero-order valence-electron chi connectivity index (χ0n) is 4.80. The third kappa shape index (κ3) is 0.746. The zero-order valence-corrected chi connectivity index (χ0v) is 7.19. The molecule has 0 aromatic carbocycles. The van der Waals surface area contributed by atoms with Crippen molar-refractivity contribution in [3.63, 3.8) is 0 Å². The van der Waals surface area contributed by atoms with Crippen molar-refractivity contribution in [2.75, 3.05) is 0 Å². The van der Waals surface area contributed by atoms with Crippen LogP contribution in [-0.2, 0) is 0 Å². The lowest BCUT2D eigenvalue weighted by atomic mass is 10.5. The molecule has 0 fully saturated rings. The predicted octanol–water partition coefficient (Wildman–Crippen LogP) is 3.32. The topological polar surface area (TPSA) is 20.2 Å². The number of fused-ring (bicyclic) bond motifs is 1. The van der Waals surface area contributed by atoms with Gasteiger partial charge in [0, 0.05) is 0 Å². The Hall–Kier alpha value is -0.250. The maximum absolute atomic E-state index is 9.13. The first-order valence-electron chi connectivity index (χ1n) is 2.63. The van der Waals surface area contributed by atoms with E-state index in [-0.39, 0.29) is 5.06 Å². The number of rotatable bonds is 0. The highest BCUT2D eigenvalue weighted by atomic mass is 35.5. The molecule has 2 aromatic heterocycles. The Labute approximate surface area is 70.5 Å². The fourth-order valence-electron chi connectivity index (χ4n) is 0.784. The molecular formula is C6H3ClOS2. The van der Waals surface area contributed by atoms with Gasteiger partial charge in [0.1, 0.15) is 5.02 Å². The van der Waals surface area contributed by atoms with E-state index in [1.807, 2.05) is 11.4 Å². The van der Waals surface area contributed by atoms with E-state index in [9.17, 15) is 0 Å². The highest BCUT2D eigenvalue weighted by Crippen LogP contribution is 2.42. The molecule has 52 valence electrons. The van der Waals surface area contributed by atoms with E-state index in [0.717, 1.165) is 9.40 Å². The summed E-state index contributed by atoms with van der Waals surface area (Å²) < 4.78 is 2.05. The van der Waals surface area contributed by atoms with E-state index in [0.29, 0.717) is 5.02 Å². The van der Waals surface area contributed by atoms with Crippen molar-refractivity contribution in [2.45, 2.75) is 0 Å². The van der Waals surface area contributed by atoms with Crippen LogP contribution in [0.5, 0.6) is 5.06 Å². The second kappa shape index (κ2) is 2.12. The number of halogens is 1. The smallest absolute Gasteiger partial charge is 0.192 e. The van der Waals surface area contributed by atoms with Gasteiger partial charge in [-0.2, -0.15) is 0 Å². The van der Waals surface area contributed by atoms with Gasteiger partial charge in [-0.3, -0.25) is 0 Å². The van der Waals surface area contributed by atoms with Crippen molar-refractivity contribution in [3.8, 4) is 5.06 Å². The molecule has 0 spiro atoms. The van der Waals surface area contributed by atoms with Crippen LogP contribution in [0.15, 0.2) is 11.4 Å². The molecule has 0 aliphatic heterocycles. The third-order valence-corrected chi connectivity index (χ3v) is 3.83. The molecule has 2 heterocycles. The Kier molecular flexibility index (Phi) is 1.37. The Morgan fingerprint density at radius 3 is 3.00 bits per heavy atom. The molecule has 0 aliphatic rings. The molecule has 0 atom stereocenters. The molecule has 0 amide bonds. The lowest BCUT2D eigenvalue weighted by Crippen LogP contribution is -1.49. The second-order valence-electron chi connectivity index (χ2n) is 1.84. The maximum Gasteiger partial charge on any atom is 0.192 e. The predicted molar refractivity (Wildman–Crippen MR) is 46.4 cm³/mol. The Morgan fingerprint density at radius 1 is 1.50 bits per heavy atom. The lowest BCUT2D eigenvalue weighted by molar-refractivity contribution is 0.491. The molecule has 0 saturated heterocycles. The van der Waals surface area contributed by atoms with E-state index < -0.39 is 0 Å². The SMILES string of the molecule is Oc1sc2ccsc2c1Cl. The van der Waals surface area contributed by atoms with Crippen molar-refractivity contribution >= 4 is 43.7 Å². The summed E-state index contributed by atoms with van der Waals surface area (Å²) in [7, 11) is 0. The molecule has 4 heteroatoms. The number of hydrogen-bond donors (Lipinski definition) is 1. The van der Waals surface area contributed by atoms with Gasteiger partial charge in [0.25, 0.3) is 0 Å². The standard InChI is InChI=1S/C6H3ClOS2/c7-4-5-3(1-2-9-5)10-6(4)8/h1-2,8H. The van der Waals surface area contributed by atoms with E-state index >= 15 is 0 Å². The Bertz CT molecular complexity index is 363. The minimum atomic E-state index is 0.225. The van der Waals surface area contributed by atoms with Crippen LogP contribution in [0, 0.1) is 0 Å². The molecule has 0 radical (unpaired) electrons. The third-order valence-electron chi connectivity index (χ3n) is 1.22. The molecule has 0 saturated carbocycles. The summed E-state index contributed by atoms with van der Waals surface area (Å²) in [5.74, 6) is 0. The van der Waals surface area contributed by atoms with Crippen LogP contribution in [0.1, 0.15) is 0 Å². The lowest BCUT2D eigenvalue weighted by Gasteiger charge is -1.79. The van der Waals surface area contributed by atoms with E-state index in [1.165, 1.54) is 11.3 Å². The minimum Gasteiger partial charge on any atom is -0.498 e. The first kappa shape index (κ1) is 6.46. The van der Waals surface area contributed by atoms with Gasteiger partial charge >= 0.3 is 0 Å². The van der Waals surface area contributed by atoms with Crippen molar-refractivity contribution in [1.29, 1.82) is 0 Å². The molecule has 0 unspecified atom stereocenters. The molecule has 10 heavy (non-hydrogen) atoms. The zero-order chi connectivity index (χ0) is 7.14. The first-order valence-corrected chi connectivity index (χ1v) is 4.71. The van der Waals surface area contributed by atoms with E-state index in [1.54, 1.807) is 11.3 Å². The monoisotopic (exact) mass is 190 g/mol. The van der Waals surface area contributed by atoms with Crippen LogP contribution in [0.2, 0.25) is 5.02 Å². The van der Waals surface area contributed by atoms with Gasteiger partial charge in [-0.25, -0.2) is 0 Å². The summed E-state index contributed by atoms with van der Waals surface area (Å²) in [6.07, 6.45) is 0. The average Bonchev–Trinajstić information content (AvgIpc) is 2.41. The van der Waals surface area contributed by atoms with Gasteiger partial charge in [0.15, 0.2) is 5.06 Å². The number of aromatic hydroxyl groups is 1. The van der Waals surface area contributed by atoms with Gasteiger partial charge in [0.2, 0.25) is 0 Å². The number of thiophene rings is 2. The minimum absolute atomic E-state index is 0.225. The summed E-state index contributed by atoms with van der Waals surface area (Å²) in [5, 5.41) is 11.8. The average molecular weight is 191 g/mol. The fourth-order valence-corrected chi connectivity index (χ4v) is 3.07. The molecule has 0 bridgehead atoms. The van der Waals surface area contributed by atoms with Crippen LogP contribution in [0.25, 0.3) is 9.40 Å². The van der Waals surface area contributed by atoms with Crippen LogP contribution in [0.4, 0.5) is 0 Å². The number of hydrogen-bond acceptors (Lipinski definition) is 3. The largest absolute Gasteiger partial charge is 0.498 e. The maximum atomic E-state index is 9.13. The Morgan fingerprint density at radius 2 is 2.30 bits per heavy atom. The summed E-state index contributed by atoms with van der Waals surface area (Å²) in [6.45, 7) is 0. The van der Waals surface area contributed by atoms with Crippen LogP contribution in [-0.4, -0.2) is 5.11 Å². The van der Waals surface area contributed by atoms with Gasteiger partial charge in [-0.1, -0.05) is 22.9 Å². The van der Waals surface area contributed by atoms with Gasteiger partial charge in [0.05, 0.1) is 9.40 Å². The van der Waals surface area contributed by atoms with Crippen molar-refractivity contribution in [3.05, 3.63) is 16.5 Å². The van der Waals surface area contributed by atoms with Crippen LogP contribution in [0.3, 0.4) is 0 Å². The van der Waals surface area contributed by atoms with Crippen molar-refractivity contribution in [1.82, 2.24) is 0 Å². The quantitative estimate of drug-likeness (QED) is 0.676. The van der Waals surface area contributed by atoms with Crippen LogP contribution < -0.4 is 0 Å².